The van der Waals surface area contributed by atoms with E-state index in [9.17, 15) is 30.7 Å². The molecule has 19 heavy (non-hydrogen) atoms. The van der Waals surface area contributed by atoms with E-state index in [2.05, 4.69) is 0 Å². The molecule has 110 valence electrons. The molecule has 0 aromatic heterocycles. The van der Waals surface area contributed by atoms with Crippen molar-refractivity contribution in [3.05, 3.63) is 34.9 Å². The van der Waals surface area contributed by atoms with E-state index >= 15 is 0 Å². The summed E-state index contributed by atoms with van der Waals surface area (Å²) >= 11 is 0. The molecule has 1 rings (SSSR count). The molecule has 0 saturated carbocycles. The monoisotopic (exact) mass is 311 g/mol. The van der Waals surface area contributed by atoms with Gasteiger partial charge in [-0.2, -0.15) is 26.3 Å². The quantitative estimate of drug-likeness (QED) is 0.817. The Bertz CT molecular complexity index is 427. The molecule has 0 unspecified atom stereocenters. The molecule has 0 bridgehead atoms. The smallest absolute Gasteiger partial charge is 0.322 e. The standard InChI is InChI=1S/C10H8F7N.ClH/c11-4-8(18)6-3-5(9(12,13)14)1-2-7(6)10(15,16)17;/h1-3,8H,4,18H2;1H/t8-;/m0./s1. The van der Waals surface area contributed by atoms with Crippen molar-refractivity contribution in [1.82, 2.24) is 0 Å². The number of halogens is 8. The van der Waals surface area contributed by atoms with Gasteiger partial charge in [-0.1, -0.05) is 0 Å². The first-order valence-electron chi connectivity index (χ1n) is 4.67. The lowest BCUT2D eigenvalue weighted by Gasteiger charge is -2.18. The molecule has 0 aliphatic carbocycles. The van der Waals surface area contributed by atoms with Gasteiger partial charge < -0.3 is 5.73 Å². The summed E-state index contributed by atoms with van der Waals surface area (Å²) in [5, 5.41) is 0. The number of hydrogen-bond acceptors (Lipinski definition) is 1. The van der Waals surface area contributed by atoms with Gasteiger partial charge in [0.05, 0.1) is 17.2 Å². The average molecular weight is 312 g/mol. The van der Waals surface area contributed by atoms with Gasteiger partial charge >= 0.3 is 12.4 Å². The zero-order valence-corrected chi connectivity index (χ0v) is 9.96. The van der Waals surface area contributed by atoms with Crippen LogP contribution in [0.25, 0.3) is 0 Å². The molecule has 0 aliphatic heterocycles. The van der Waals surface area contributed by atoms with E-state index in [0.717, 1.165) is 0 Å². The van der Waals surface area contributed by atoms with Crippen molar-refractivity contribution in [3.8, 4) is 0 Å². The Morgan fingerprint density at radius 2 is 1.53 bits per heavy atom. The third kappa shape index (κ3) is 4.24. The van der Waals surface area contributed by atoms with Crippen LogP contribution >= 0.6 is 12.4 Å². The van der Waals surface area contributed by atoms with Crippen LogP contribution in [-0.2, 0) is 12.4 Å². The van der Waals surface area contributed by atoms with E-state index < -0.39 is 41.8 Å². The van der Waals surface area contributed by atoms with Crippen LogP contribution in [0.5, 0.6) is 0 Å². The SMILES string of the molecule is Cl.N[C@@H](CF)c1cc(C(F)(F)F)ccc1C(F)(F)F. The Balaban J connectivity index is 0.00000324. The average Bonchev–Trinajstić information content (AvgIpc) is 2.24. The largest absolute Gasteiger partial charge is 0.416 e. The molecule has 9 heteroatoms. The van der Waals surface area contributed by atoms with Crippen LogP contribution in [0.15, 0.2) is 18.2 Å². The van der Waals surface area contributed by atoms with Gasteiger partial charge in [0.2, 0.25) is 0 Å². The van der Waals surface area contributed by atoms with Gasteiger partial charge in [-0.3, -0.25) is 0 Å². The number of benzene rings is 1. The molecular formula is C10H9ClF7N. The third-order valence-corrected chi connectivity index (χ3v) is 2.25. The lowest BCUT2D eigenvalue weighted by molar-refractivity contribution is -0.142. The first kappa shape index (κ1) is 18.0. The summed E-state index contributed by atoms with van der Waals surface area (Å²) in [5.41, 5.74) is 1.50. The normalized spacial score (nSPS) is 13.9. The summed E-state index contributed by atoms with van der Waals surface area (Å²) in [7, 11) is 0. The number of rotatable bonds is 2. The maximum Gasteiger partial charge on any atom is 0.416 e. The van der Waals surface area contributed by atoms with Crippen molar-refractivity contribution in [3.63, 3.8) is 0 Å². The van der Waals surface area contributed by atoms with Gasteiger partial charge in [-0.15, -0.1) is 12.4 Å². The Morgan fingerprint density at radius 1 is 1.00 bits per heavy atom. The highest BCUT2D eigenvalue weighted by atomic mass is 35.5. The lowest BCUT2D eigenvalue weighted by atomic mass is 9.98. The fourth-order valence-corrected chi connectivity index (χ4v) is 1.39. The summed E-state index contributed by atoms with van der Waals surface area (Å²) in [4.78, 5) is 0. The zero-order chi connectivity index (χ0) is 14.1. The van der Waals surface area contributed by atoms with E-state index in [-0.39, 0.29) is 30.6 Å². The van der Waals surface area contributed by atoms with Crippen LogP contribution in [0.3, 0.4) is 0 Å². The van der Waals surface area contributed by atoms with E-state index in [1.807, 2.05) is 0 Å². The van der Waals surface area contributed by atoms with Crippen LogP contribution in [-0.4, -0.2) is 6.67 Å². The second-order valence-electron chi connectivity index (χ2n) is 3.56. The second-order valence-corrected chi connectivity index (χ2v) is 3.56. The van der Waals surface area contributed by atoms with Crippen molar-refractivity contribution in [1.29, 1.82) is 0 Å². The Morgan fingerprint density at radius 3 is 1.89 bits per heavy atom. The van der Waals surface area contributed by atoms with Crippen LogP contribution in [0.1, 0.15) is 22.7 Å². The zero-order valence-electron chi connectivity index (χ0n) is 9.15. The number of nitrogens with two attached hydrogens (primary N) is 1. The van der Waals surface area contributed by atoms with E-state index in [1.165, 1.54) is 0 Å². The molecule has 0 heterocycles. The van der Waals surface area contributed by atoms with Crippen molar-refractivity contribution >= 4 is 12.4 Å². The van der Waals surface area contributed by atoms with Crippen molar-refractivity contribution < 1.29 is 30.7 Å². The van der Waals surface area contributed by atoms with Crippen LogP contribution in [0.2, 0.25) is 0 Å². The summed E-state index contributed by atoms with van der Waals surface area (Å²) < 4.78 is 86.9. The molecule has 0 aliphatic rings. The molecule has 0 fully saturated rings. The molecule has 1 aromatic rings. The van der Waals surface area contributed by atoms with Crippen LogP contribution in [0.4, 0.5) is 30.7 Å². The van der Waals surface area contributed by atoms with Crippen molar-refractivity contribution in [2.45, 2.75) is 18.4 Å². The minimum Gasteiger partial charge on any atom is -0.322 e. The summed E-state index contributed by atoms with van der Waals surface area (Å²) in [5.74, 6) is 0. The highest BCUT2D eigenvalue weighted by molar-refractivity contribution is 5.85. The molecule has 1 atom stereocenters. The fourth-order valence-electron chi connectivity index (χ4n) is 1.39. The van der Waals surface area contributed by atoms with E-state index in [1.54, 1.807) is 0 Å². The molecule has 0 saturated heterocycles. The van der Waals surface area contributed by atoms with Crippen LogP contribution in [0, 0.1) is 0 Å². The molecule has 0 radical (unpaired) electrons. The van der Waals surface area contributed by atoms with Crippen molar-refractivity contribution in [2.75, 3.05) is 6.67 Å². The first-order valence-corrected chi connectivity index (χ1v) is 4.67. The van der Waals surface area contributed by atoms with Crippen molar-refractivity contribution in [2.24, 2.45) is 5.73 Å². The summed E-state index contributed by atoms with van der Waals surface area (Å²) in [6.07, 6.45) is -9.69. The minimum atomic E-state index is -4.88. The molecule has 0 amide bonds. The Kier molecular flexibility index (Phi) is 5.64. The van der Waals surface area contributed by atoms with Crippen LogP contribution < -0.4 is 5.73 Å². The van der Waals surface area contributed by atoms with Gasteiger partial charge in [-0.25, -0.2) is 4.39 Å². The summed E-state index contributed by atoms with van der Waals surface area (Å²) in [6, 6.07) is -0.971. The van der Waals surface area contributed by atoms with E-state index in [4.69, 9.17) is 5.73 Å². The van der Waals surface area contributed by atoms with Gasteiger partial charge in [0, 0.05) is 0 Å². The fraction of sp³-hybridized carbons (Fsp3) is 0.400. The van der Waals surface area contributed by atoms with E-state index in [0.29, 0.717) is 0 Å². The topological polar surface area (TPSA) is 26.0 Å². The Hall–Kier alpha value is -1.02. The predicted octanol–water partition coefficient (Wildman–Crippen LogP) is 4.12. The third-order valence-electron chi connectivity index (χ3n) is 2.25. The van der Waals surface area contributed by atoms with Gasteiger partial charge in [-0.05, 0) is 23.8 Å². The van der Waals surface area contributed by atoms with Gasteiger partial charge in [0.15, 0.2) is 0 Å². The summed E-state index contributed by atoms with van der Waals surface area (Å²) in [6.45, 7) is -1.38. The maximum atomic E-state index is 12.5. The predicted molar refractivity (Wildman–Crippen MR) is 56.6 cm³/mol. The number of hydrogen-bond donors (Lipinski definition) is 1. The molecule has 1 aromatic carbocycles. The van der Waals surface area contributed by atoms with Gasteiger partial charge in [0.25, 0.3) is 0 Å². The molecule has 1 nitrogen and oxygen atoms in total. The second kappa shape index (κ2) is 5.96. The molecule has 0 spiro atoms. The lowest BCUT2D eigenvalue weighted by Crippen LogP contribution is -2.20. The molecular weight excluding hydrogens is 303 g/mol. The highest BCUT2D eigenvalue weighted by Crippen LogP contribution is 2.38. The number of alkyl halides is 7. The minimum absolute atomic E-state index is 0. The first-order chi connectivity index (χ1) is 8.07. The maximum absolute atomic E-state index is 12.5. The van der Waals surface area contributed by atoms with Gasteiger partial charge in [0.1, 0.15) is 6.67 Å². The highest BCUT2D eigenvalue weighted by Gasteiger charge is 2.38. The molecule has 2 N–H and O–H groups in total. The Labute approximate surface area is 110 Å².